The molecule has 0 aromatic heterocycles. The summed E-state index contributed by atoms with van der Waals surface area (Å²) in [4.78, 5) is 0. The molecule has 2 aromatic rings. The van der Waals surface area contributed by atoms with Gasteiger partial charge in [0.1, 0.15) is 0 Å². The average Bonchev–Trinajstić information content (AvgIpc) is 2.40. The summed E-state index contributed by atoms with van der Waals surface area (Å²) in [6.07, 6.45) is 0. The lowest BCUT2D eigenvalue weighted by Crippen LogP contribution is -2.32. The quantitative estimate of drug-likeness (QED) is 0.784. The Hall–Kier alpha value is -2.33. The standard InChI is InChI=1S/C13H11N3O/c17-16-12-9-5-4-8-11(12)14-15-13(16)10-6-2-1-3-7-10/h1-9,14,17H. The number of benzene rings is 2. The highest BCUT2D eigenvalue weighted by Gasteiger charge is 2.20. The third kappa shape index (κ3) is 1.64. The van der Waals surface area contributed by atoms with E-state index in [0.29, 0.717) is 11.5 Å². The number of hydrogen-bond acceptors (Lipinski definition) is 4. The molecule has 84 valence electrons. The van der Waals surface area contributed by atoms with Gasteiger partial charge >= 0.3 is 0 Å². The molecule has 0 fully saturated rings. The maximum atomic E-state index is 10.1. The van der Waals surface area contributed by atoms with E-state index in [-0.39, 0.29) is 0 Å². The van der Waals surface area contributed by atoms with Gasteiger partial charge in [-0.1, -0.05) is 42.5 Å². The lowest BCUT2D eigenvalue weighted by atomic mass is 10.1. The van der Waals surface area contributed by atoms with Gasteiger partial charge < -0.3 is 0 Å². The fraction of sp³-hybridized carbons (Fsp3) is 0. The van der Waals surface area contributed by atoms with Crippen molar-refractivity contribution < 1.29 is 5.21 Å². The first-order valence-corrected chi connectivity index (χ1v) is 5.33. The number of anilines is 2. The van der Waals surface area contributed by atoms with Crippen molar-refractivity contribution in [3.05, 3.63) is 60.2 Å². The van der Waals surface area contributed by atoms with Gasteiger partial charge in [-0.25, -0.2) is 5.06 Å². The fourth-order valence-corrected chi connectivity index (χ4v) is 1.80. The molecule has 0 saturated carbocycles. The minimum absolute atomic E-state index is 0.490. The van der Waals surface area contributed by atoms with Crippen molar-refractivity contribution in [2.45, 2.75) is 0 Å². The summed E-state index contributed by atoms with van der Waals surface area (Å²) in [6.45, 7) is 0. The fourth-order valence-electron chi connectivity index (χ4n) is 1.80. The molecule has 0 radical (unpaired) electrons. The Labute approximate surface area is 98.8 Å². The molecule has 0 spiro atoms. The molecule has 1 heterocycles. The number of nitrogens with one attached hydrogen (secondary N) is 1. The number of hydrazone groups is 1. The van der Waals surface area contributed by atoms with Crippen molar-refractivity contribution in [2.75, 3.05) is 10.5 Å². The highest BCUT2D eigenvalue weighted by molar-refractivity contribution is 6.11. The van der Waals surface area contributed by atoms with Gasteiger partial charge in [0.25, 0.3) is 0 Å². The molecular formula is C13H11N3O. The predicted octanol–water partition coefficient (Wildman–Crippen LogP) is 2.67. The first-order chi connectivity index (χ1) is 8.36. The maximum absolute atomic E-state index is 10.1. The molecule has 2 N–H and O–H groups in total. The number of rotatable bonds is 1. The minimum atomic E-state index is 0.490. The van der Waals surface area contributed by atoms with Crippen molar-refractivity contribution in [3.63, 3.8) is 0 Å². The van der Waals surface area contributed by atoms with Crippen LogP contribution in [0.1, 0.15) is 5.56 Å². The van der Waals surface area contributed by atoms with Crippen LogP contribution in [0.4, 0.5) is 11.4 Å². The third-order valence-corrected chi connectivity index (χ3v) is 2.65. The molecule has 0 aliphatic carbocycles. The van der Waals surface area contributed by atoms with E-state index in [9.17, 15) is 5.21 Å². The van der Waals surface area contributed by atoms with Gasteiger partial charge in [-0.15, -0.1) is 0 Å². The summed E-state index contributed by atoms with van der Waals surface area (Å²) in [5.74, 6) is 0.490. The molecule has 3 rings (SSSR count). The molecule has 4 nitrogen and oxygen atoms in total. The van der Waals surface area contributed by atoms with E-state index in [2.05, 4.69) is 10.5 Å². The Morgan fingerprint density at radius 2 is 1.65 bits per heavy atom. The van der Waals surface area contributed by atoms with Crippen LogP contribution in [0.5, 0.6) is 0 Å². The first kappa shape index (κ1) is 9.86. The summed E-state index contributed by atoms with van der Waals surface area (Å²) < 4.78 is 0. The summed E-state index contributed by atoms with van der Waals surface area (Å²) in [5.41, 5.74) is 5.27. The number of amidine groups is 1. The largest absolute Gasteiger partial charge is 0.282 e. The van der Waals surface area contributed by atoms with E-state index < -0.39 is 0 Å². The molecule has 17 heavy (non-hydrogen) atoms. The number of hydroxylamine groups is 1. The first-order valence-electron chi connectivity index (χ1n) is 5.33. The molecule has 1 aliphatic rings. The van der Waals surface area contributed by atoms with E-state index in [1.165, 1.54) is 0 Å². The minimum Gasteiger partial charge on any atom is -0.282 e. The highest BCUT2D eigenvalue weighted by atomic mass is 16.5. The number of para-hydroxylation sites is 2. The van der Waals surface area contributed by atoms with Crippen LogP contribution in [0, 0.1) is 0 Å². The number of fused-ring (bicyclic) bond motifs is 1. The second-order valence-electron chi connectivity index (χ2n) is 3.74. The van der Waals surface area contributed by atoms with Crippen LogP contribution in [0.25, 0.3) is 0 Å². The summed E-state index contributed by atoms with van der Waals surface area (Å²) in [7, 11) is 0. The van der Waals surface area contributed by atoms with Gasteiger partial charge in [-0.2, -0.15) is 5.10 Å². The van der Waals surface area contributed by atoms with Crippen LogP contribution in [0.3, 0.4) is 0 Å². The van der Waals surface area contributed by atoms with Crippen LogP contribution >= 0.6 is 0 Å². The molecule has 0 saturated heterocycles. The summed E-state index contributed by atoms with van der Waals surface area (Å²) >= 11 is 0. The van der Waals surface area contributed by atoms with E-state index in [4.69, 9.17) is 0 Å². The van der Waals surface area contributed by atoms with E-state index >= 15 is 0 Å². The molecule has 0 unspecified atom stereocenters. The third-order valence-electron chi connectivity index (χ3n) is 2.65. The van der Waals surface area contributed by atoms with Gasteiger partial charge in [0, 0.05) is 5.56 Å². The van der Waals surface area contributed by atoms with Crippen LogP contribution in [-0.4, -0.2) is 11.0 Å². The van der Waals surface area contributed by atoms with Crippen molar-refractivity contribution in [2.24, 2.45) is 5.10 Å². The van der Waals surface area contributed by atoms with Gasteiger partial charge in [-0.3, -0.25) is 10.6 Å². The zero-order valence-corrected chi connectivity index (χ0v) is 9.04. The van der Waals surface area contributed by atoms with E-state index in [0.717, 1.165) is 16.3 Å². The Bertz CT molecular complexity index is 566. The van der Waals surface area contributed by atoms with Crippen LogP contribution in [0.2, 0.25) is 0 Å². The number of nitrogens with zero attached hydrogens (tertiary/aromatic N) is 2. The van der Waals surface area contributed by atoms with Crippen molar-refractivity contribution in [1.82, 2.24) is 0 Å². The molecule has 0 bridgehead atoms. The Morgan fingerprint density at radius 3 is 2.47 bits per heavy atom. The SMILES string of the molecule is ON1C(c2ccccc2)=NNc2ccccc21. The monoisotopic (exact) mass is 225 g/mol. The molecule has 1 aliphatic heterocycles. The smallest absolute Gasteiger partial charge is 0.184 e. The molecule has 0 amide bonds. The average molecular weight is 225 g/mol. The predicted molar refractivity (Wildman–Crippen MR) is 67.3 cm³/mol. The Balaban J connectivity index is 2.04. The maximum Gasteiger partial charge on any atom is 0.184 e. The molecule has 4 heteroatoms. The molecular weight excluding hydrogens is 214 g/mol. The summed E-state index contributed by atoms with van der Waals surface area (Å²) in [6, 6.07) is 17.0. The highest BCUT2D eigenvalue weighted by Crippen LogP contribution is 2.29. The van der Waals surface area contributed by atoms with E-state index in [1.807, 2.05) is 54.6 Å². The van der Waals surface area contributed by atoms with Crippen molar-refractivity contribution in [1.29, 1.82) is 0 Å². The Morgan fingerprint density at radius 1 is 0.941 bits per heavy atom. The topological polar surface area (TPSA) is 47.9 Å². The lowest BCUT2D eigenvalue weighted by Gasteiger charge is -2.25. The van der Waals surface area contributed by atoms with Gasteiger partial charge in [-0.05, 0) is 12.1 Å². The van der Waals surface area contributed by atoms with Gasteiger partial charge in [0.2, 0.25) is 0 Å². The Kier molecular flexibility index (Phi) is 2.27. The van der Waals surface area contributed by atoms with Gasteiger partial charge in [0.15, 0.2) is 5.84 Å². The molecule has 0 atom stereocenters. The number of hydrogen-bond donors (Lipinski definition) is 2. The van der Waals surface area contributed by atoms with Crippen LogP contribution in [0.15, 0.2) is 59.7 Å². The van der Waals surface area contributed by atoms with Crippen LogP contribution in [-0.2, 0) is 0 Å². The van der Waals surface area contributed by atoms with E-state index in [1.54, 1.807) is 0 Å². The summed E-state index contributed by atoms with van der Waals surface area (Å²) in [5, 5.41) is 15.4. The lowest BCUT2D eigenvalue weighted by molar-refractivity contribution is 0.312. The second-order valence-corrected chi connectivity index (χ2v) is 3.74. The van der Waals surface area contributed by atoms with Gasteiger partial charge in [0.05, 0.1) is 11.4 Å². The zero-order valence-electron chi connectivity index (χ0n) is 9.04. The van der Waals surface area contributed by atoms with Crippen molar-refractivity contribution in [3.8, 4) is 0 Å². The van der Waals surface area contributed by atoms with Crippen LogP contribution < -0.4 is 10.5 Å². The second kappa shape index (κ2) is 3.92. The van der Waals surface area contributed by atoms with Crippen molar-refractivity contribution >= 4 is 17.2 Å². The molecule has 2 aromatic carbocycles. The normalized spacial score (nSPS) is 13.7. The zero-order chi connectivity index (χ0) is 11.7.